The average molecular weight is 404 g/mol. The second-order valence-corrected chi connectivity index (χ2v) is 8.84. The Bertz CT molecular complexity index is 784. The first-order chi connectivity index (χ1) is 13.4. The summed E-state index contributed by atoms with van der Waals surface area (Å²) in [7, 11) is 0. The Morgan fingerprint density at radius 3 is 2.57 bits per heavy atom. The van der Waals surface area contributed by atoms with Crippen molar-refractivity contribution in [1.29, 1.82) is 0 Å². The number of aromatic nitrogens is 3. The van der Waals surface area contributed by atoms with Gasteiger partial charge in [0.05, 0.1) is 5.25 Å². The lowest BCUT2D eigenvalue weighted by molar-refractivity contribution is -0.120. The number of thioether (sulfide) groups is 1. The molecule has 0 aliphatic heterocycles. The van der Waals surface area contributed by atoms with E-state index in [-0.39, 0.29) is 17.8 Å². The molecule has 152 valence electrons. The Morgan fingerprint density at radius 2 is 1.93 bits per heavy atom. The molecule has 0 bridgehead atoms. The highest BCUT2D eigenvalue weighted by molar-refractivity contribution is 8.00. The van der Waals surface area contributed by atoms with Crippen molar-refractivity contribution in [3.05, 3.63) is 35.7 Å². The van der Waals surface area contributed by atoms with Crippen LogP contribution in [-0.2, 0) is 11.4 Å². The highest BCUT2D eigenvalue weighted by atomic mass is 32.2. The molecule has 1 amide bonds. The van der Waals surface area contributed by atoms with Crippen LogP contribution in [0.2, 0.25) is 0 Å². The highest BCUT2D eigenvalue weighted by Crippen LogP contribution is 2.24. The Labute approximate surface area is 170 Å². The molecule has 1 saturated carbocycles. The molecule has 1 aliphatic rings. The molecule has 1 aromatic carbocycles. The fraction of sp³-hybridized carbons (Fsp3) is 0.550. The normalized spacial score (nSPS) is 15.7. The van der Waals surface area contributed by atoms with Crippen LogP contribution in [0.4, 0.5) is 0 Å². The SMILES string of the molecule is CC(C)c1ccc(OCc2nnc(S[C@H](C)C(=O)NC3CCCC3)n2N)cc1. The van der Waals surface area contributed by atoms with Gasteiger partial charge < -0.3 is 15.9 Å². The third-order valence-corrected chi connectivity index (χ3v) is 6.06. The summed E-state index contributed by atoms with van der Waals surface area (Å²) in [6, 6.07) is 8.30. The molecule has 28 heavy (non-hydrogen) atoms. The summed E-state index contributed by atoms with van der Waals surface area (Å²) in [5.74, 6) is 7.87. The molecular weight excluding hydrogens is 374 g/mol. The maximum absolute atomic E-state index is 12.4. The van der Waals surface area contributed by atoms with Crippen LogP contribution in [0.1, 0.15) is 63.8 Å². The van der Waals surface area contributed by atoms with Crippen LogP contribution in [0, 0.1) is 0 Å². The fourth-order valence-corrected chi connectivity index (χ4v) is 3.98. The van der Waals surface area contributed by atoms with Gasteiger partial charge in [-0.1, -0.05) is 50.6 Å². The van der Waals surface area contributed by atoms with Crippen LogP contribution < -0.4 is 15.9 Å². The molecule has 3 N–H and O–H groups in total. The summed E-state index contributed by atoms with van der Waals surface area (Å²) in [5.41, 5.74) is 1.26. The van der Waals surface area contributed by atoms with Gasteiger partial charge in [-0.05, 0) is 43.4 Å². The molecule has 8 heteroatoms. The van der Waals surface area contributed by atoms with E-state index in [0.717, 1.165) is 18.6 Å². The predicted octanol–water partition coefficient (Wildman–Crippen LogP) is 3.23. The van der Waals surface area contributed by atoms with Crippen molar-refractivity contribution in [2.24, 2.45) is 0 Å². The number of hydrogen-bond donors (Lipinski definition) is 2. The molecular formula is C20H29N5O2S. The molecule has 1 aromatic heterocycles. The number of nitrogen functional groups attached to an aromatic ring is 1. The molecule has 1 atom stereocenters. The van der Waals surface area contributed by atoms with E-state index in [1.54, 1.807) is 0 Å². The first-order valence-corrected chi connectivity index (χ1v) is 10.7. The van der Waals surface area contributed by atoms with Crippen molar-refractivity contribution in [2.75, 3.05) is 5.84 Å². The van der Waals surface area contributed by atoms with E-state index >= 15 is 0 Å². The summed E-state index contributed by atoms with van der Waals surface area (Å²) < 4.78 is 7.17. The number of ether oxygens (including phenoxy) is 1. The highest BCUT2D eigenvalue weighted by Gasteiger charge is 2.23. The van der Waals surface area contributed by atoms with Gasteiger partial charge in [0, 0.05) is 6.04 Å². The molecule has 0 spiro atoms. The minimum atomic E-state index is -0.288. The number of benzene rings is 1. The van der Waals surface area contributed by atoms with Crippen molar-refractivity contribution in [3.63, 3.8) is 0 Å². The Hall–Kier alpha value is -2.22. The number of nitrogens with zero attached hydrogens (tertiary/aromatic N) is 3. The van der Waals surface area contributed by atoms with Crippen LogP contribution in [0.25, 0.3) is 0 Å². The average Bonchev–Trinajstić information content (AvgIpc) is 3.31. The van der Waals surface area contributed by atoms with Gasteiger partial charge in [-0.15, -0.1) is 10.2 Å². The van der Waals surface area contributed by atoms with E-state index in [1.807, 2.05) is 19.1 Å². The zero-order valence-corrected chi connectivity index (χ0v) is 17.5. The molecule has 1 aliphatic carbocycles. The summed E-state index contributed by atoms with van der Waals surface area (Å²) >= 11 is 1.31. The van der Waals surface area contributed by atoms with Gasteiger partial charge in [0.1, 0.15) is 12.4 Å². The van der Waals surface area contributed by atoms with Gasteiger partial charge >= 0.3 is 0 Å². The van der Waals surface area contributed by atoms with E-state index in [0.29, 0.717) is 22.9 Å². The van der Waals surface area contributed by atoms with Crippen LogP contribution in [0.15, 0.2) is 29.4 Å². The van der Waals surface area contributed by atoms with Crippen molar-refractivity contribution in [2.45, 2.75) is 75.4 Å². The van der Waals surface area contributed by atoms with Crippen molar-refractivity contribution in [1.82, 2.24) is 20.2 Å². The summed E-state index contributed by atoms with van der Waals surface area (Å²) in [6.07, 6.45) is 4.51. The third-order valence-electron chi connectivity index (χ3n) is 5.00. The summed E-state index contributed by atoms with van der Waals surface area (Å²) in [4.78, 5) is 12.4. The monoisotopic (exact) mass is 403 g/mol. The fourth-order valence-electron chi connectivity index (χ4n) is 3.18. The number of carbonyl (C=O) groups excluding carboxylic acids is 1. The molecule has 0 unspecified atom stereocenters. The number of nitrogens with two attached hydrogens (primary N) is 1. The van der Waals surface area contributed by atoms with E-state index in [1.165, 1.54) is 34.8 Å². The Kier molecular flexibility index (Phi) is 6.83. The minimum absolute atomic E-state index is 0.0166. The molecule has 1 fully saturated rings. The third kappa shape index (κ3) is 5.19. The number of amides is 1. The zero-order chi connectivity index (χ0) is 20.1. The Morgan fingerprint density at radius 1 is 1.25 bits per heavy atom. The van der Waals surface area contributed by atoms with Crippen molar-refractivity contribution < 1.29 is 9.53 Å². The van der Waals surface area contributed by atoms with E-state index < -0.39 is 0 Å². The lowest BCUT2D eigenvalue weighted by Gasteiger charge is -2.15. The number of carbonyl (C=O) groups is 1. The van der Waals surface area contributed by atoms with E-state index in [2.05, 4.69) is 41.5 Å². The molecule has 3 rings (SSSR count). The maximum Gasteiger partial charge on any atom is 0.233 e. The number of nitrogens with one attached hydrogen (secondary N) is 1. The second-order valence-electron chi connectivity index (χ2n) is 7.53. The smallest absolute Gasteiger partial charge is 0.233 e. The van der Waals surface area contributed by atoms with Gasteiger partial charge in [-0.3, -0.25) is 4.79 Å². The van der Waals surface area contributed by atoms with Gasteiger partial charge in [-0.25, -0.2) is 4.68 Å². The van der Waals surface area contributed by atoms with Gasteiger partial charge in [-0.2, -0.15) is 0 Å². The molecule has 2 aromatic rings. The largest absolute Gasteiger partial charge is 0.486 e. The lowest BCUT2D eigenvalue weighted by atomic mass is 10.0. The van der Waals surface area contributed by atoms with E-state index in [9.17, 15) is 4.79 Å². The quantitative estimate of drug-likeness (QED) is 0.519. The first-order valence-electron chi connectivity index (χ1n) is 9.83. The molecule has 1 heterocycles. The summed E-state index contributed by atoms with van der Waals surface area (Å²) in [6.45, 7) is 6.38. The van der Waals surface area contributed by atoms with Gasteiger partial charge in [0.25, 0.3) is 0 Å². The second kappa shape index (κ2) is 9.32. The van der Waals surface area contributed by atoms with Crippen LogP contribution in [-0.4, -0.2) is 32.1 Å². The van der Waals surface area contributed by atoms with E-state index in [4.69, 9.17) is 10.6 Å². The Balaban J connectivity index is 1.53. The van der Waals surface area contributed by atoms with Crippen molar-refractivity contribution >= 4 is 17.7 Å². The first kappa shape index (κ1) is 20.5. The zero-order valence-electron chi connectivity index (χ0n) is 16.7. The molecule has 0 radical (unpaired) electrons. The van der Waals surface area contributed by atoms with Crippen LogP contribution >= 0.6 is 11.8 Å². The minimum Gasteiger partial charge on any atom is -0.486 e. The van der Waals surface area contributed by atoms with Gasteiger partial charge in [0.15, 0.2) is 5.82 Å². The van der Waals surface area contributed by atoms with Crippen molar-refractivity contribution in [3.8, 4) is 5.75 Å². The van der Waals surface area contributed by atoms with Gasteiger partial charge in [0.2, 0.25) is 11.1 Å². The maximum atomic E-state index is 12.4. The van der Waals surface area contributed by atoms with Crippen LogP contribution in [0.5, 0.6) is 5.75 Å². The molecule has 0 saturated heterocycles. The lowest BCUT2D eigenvalue weighted by Crippen LogP contribution is -2.37. The number of hydrogen-bond acceptors (Lipinski definition) is 6. The standard InChI is InChI=1S/C20H29N5O2S/c1-13(2)15-8-10-17(11-9-15)27-12-18-23-24-20(25(18)21)28-14(3)19(26)22-16-6-4-5-7-16/h8-11,13-14,16H,4-7,12,21H2,1-3H3,(H,22,26)/t14-/m1/s1. The van der Waals surface area contributed by atoms with Crippen LogP contribution in [0.3, 0.4) is 0 Å². The topological polar surface area (TPSA) is 95.1 Å². The predicted molar refractivity (Wildman–Crippen MR) is 111 cm³/mol. The molecule has 7 nitrogen and oxygen atoms in total. The summed E-state index contributed by atoms with van der Waals surface area (Å²) in [5, 5.41) is 11.5. The number of rotatable bonds is 8.